The van der Waals surface area contributed by atoms with Crippen molar-refractivity contribution in [3.63, 3.8) is 0 Å². The number of aliphatic hydroxyl groups excluding tert-OH is 1. The maximum Gasteiger partial charge on any atom is 0.222 e. The second-order valence-corrected chi connectivity index (χ2v) is 5.02. The molecule has 1 unspecified atom stereocenters. The molecular formula is C14H21N3O2. The van der Waals surface area contributed by atoms with Gasteiger partial charge in [0.25, 0.3) is 0 Å². The molecule has 1 N–H and O–H groups in total. The van der Waals surface area contributed by atoms with Gasteiger partial charge >= 0.3 is 0 Å². The molecule has 1 saturated heterocycles. The standard InChI is InChI=1S/C14H21N3O2/c1-3-13(19)17-6-4-5-11(8-17)14-12(9-18)7-15-10(2)16-14/h7,11,18H,3-6,8-9H2,1-2H3. The maximum absolute atomic E-state index is 11.8. The van der Waals surface area contributed by atoms with Crippen LogP contribution in [0.2, 0.25) is 0 Å². The lowest BCUT2D eigenvalue weighted by atomic mass is 9.92. The summed E-state index contributed by atoms with van der Waals surface area (Å²) in [6.45, 7) is 5.23. The number of amides is 1. The molecule has 0 aliphatic carbocycles. The highest BCUT2D eigenvalue weighted by molar-refractivity contribution is 5.76. The number of aryl methyl sites for hydroxylation is 1. The van der Waals surface area contributed by atoms with E-state index >= 15 is 0 Å². The Balaban J connectivity index is 2.21. The van der Waals surface area contributed by atoms with Gasteiger partial charge in [0.1, 0.15) is 5.82 Å². The minimum atomic E-state index is -0.0478. The van der Waals surface area contributed by atoms with Crippen molar-refractivity contribution in [2.45, 2.75) is 45.6 Å². The first kappa shape index (κ1) is 13.9. The topological polar surface area (TPSA) is 66.3 Å². The van der Waals surface area contributed by atoms with Gasteiger partial charge in [-0.3, -0.25) is 4.79 Å². The molecule has 19 heavy (non-hydrogen) atoms. The number of likely N-dealkylation sites (tertiary alicyclic amines) is 1. The van der Waals surface area contributed by atoms with Gasteiger partial charge in [0.15, 0.2) is 0 Å². The predicted molar refractivity (Wildman–Crippen MR) is 71.5 cm³/mol. The van der Waals surface area contributed by atoms with Crippen molar-refractivity contribution in [3.05, 3.63) is 23.3 Å². The smallest absolute Gasteiger partial charge is 0.222 e. The van der Waals surface area contributed by atoms with E-state index in [4.69, 9.17) is 0 Å². The van der Waals surface area contributed by atoms with Gasteiger partial charge in [-0.05, 0) is 19.8 Å². The van der Waals surface area contributed by atoms with E-state index in [1.165, 1.54) is 0 Å². The summed E-state index contributed by atoms with van der Waals surface area (Å²) in [5.74, 6) is 1.13. The molecule has 0 saturated carbocycles. The average molecular weight is 263 g/mol. The van der Waals surface area contributed by atoms with Crippen LogP contribution in [0.1, 0.15) is 49.2 Å². The molecule has 5 heteroatoms. The summed E-state index contributed by atoms with van der Waals surface area (Å²) in [6, 6.07) is 0. The lowest BCUT2D eigenvalue weighted by Gasteiger charge is -2.33. The first-order valence-electron chi connectivity index (χ1n) is 6.86. The quantitative estimate of drug-likeness (QED) is 0.895. The largest absolute Gasteiger partial charge is 0.392 e. The third-order valence-electron chi connectivity index (χ3n) is 3.65. The Kier molecular flexibility index (Phi) is 4.47. The molecule has 1 aliphatic rings. The summed E-state index contributed by atoms with van der Waals surface area (Å²) in [7, 11) is 0. The lowest BCUT2D eigenvalue weighted by molar-refractivity contribution is -0.132. The van der Waals surface area contributed by atoms with E-state index in [1.807, 2.05) is 18.7 Å². The number of aliphatic hydroxyl groups is 1. The van der Waals surface area contributed by atoms with Gasteiger partial charge in [-0.1, -0.05) is 6.92 Å². The summed E-state index contributed by atoms with van der Waals surface area (Å²) < 4.78 is 0. The highest BCUT2D eigenvalue weighted by Gasteiger charge is 2.26. The zero-order valence-electron chi connectivity index (χ0n) is 11.6. The van der Waals surface area contributed by atoms with Crippen molar-refractivity contribution in [1.82, 2.24) is 14.9 Å². The highest BCUT2D eigenvalue weighted by Crippen LogP contribution is 2.28. The van der Waals surface area contributed by atoms with Crippen molar-refractivity contribution >= 4 is 5.91 Å². The average Bonchev–Trinajstić information content (AvgIpc) is 2.46. The Bertz CT molecular complexity index is 462. The molecule has 0 spiro atoms. The van der Waals surface area contributed by atoms with Crippen molar-refractivity contribution in [3.8, 4) is 0 Å². The molecule has 1 aromatic heterocycles. The summed E-state index contributed by atoms with van der Waals surface area (Å²) in [6.07, 6.45) is 4.24. The first-order chi connectivity index (χ1) is 9.15. The van der Waals surface area contributed by atoms with Crippen LogP contribution in [0.25, 0.3) is 0 Å². The lowest BCUT2D eigenvalue weighted by Crippen LogP contribution is -2.39. The molecule has 1 atom stereocenters. The van der Waals surface area contributed by atoms with E-state index < -0.39 is 0 Å². The molecule has 1 fully saturated rings. The molecular weight excluding hydrogens is 242 g/mol. The van der Waals surface area contributed by atoms with Crippen LogP contribution in [-0.2, 0) is 11.4 Å². The van der Waals surface area contributed by atoms with Crippen LogP contribution in [0.4, 0.5) is 0 Å². The molecule has 104 valence electrons. The molecule has 1 amide bonds. The Morgan fingerprint density at radius 3 is 3.05 bits per heavy atom. The second-order valence-electron chi connectivity index (χ2n) is 5.02. The summed E-state index contributed by atoms with van der Waals surface area (Å²) in [5.41, 5.74) is 1.69. The van der Waals surface area contributed by atoms with Crippen LogP contribution >= 0.6 is 0 Å². The molecule has 0 radical (unpaired) electrons. The Morgan fingerprint density at radius 1 is 1.58 bits per heavy atom. The molecule has 2 heterocycles. The van der Waals surface area contributed by atoms with Gasteiger partial charge in [0.05, 0.1) is 12.3 Å². The number of piperidine rings is 1. The van der Waals surface area contributed by atoms with Gasteiger partial charge in [0, 0.05) is 37.2 Å². The first-order valence-corrected chi connectivity index (χ1v) is 6.86. The fourth-order valence-corrected chi connectivity index (χ4v) is 2.64. The number of hydrogen-bond donors (Lipinski definition) is 1. The number of aromatic nitrogens is 2. The van der Waals surface area contributed by atoms with E-state index in [0.717, 1.165) is 30.6 Å². The third kappa shape index (κ3) is 3.10. The second kappa shape index (κ2) is 6.10. The fourth-order valence-electron chi connectivity index (χ4n) is 2.64. The predicted octanol–water partition coefficient (Wildman–Crippen LogP) is 1.39. The molecule has 0 aromatic carbocycles. The number of rotatable bonds is 3. The normalized spacial score (nSPS) is 19.5. The number of hydrogen-bond acceptors (Lipinski definition) is 4. The van der Waals surface area contributed by atoms with Crippen LogP contribution < -0.4 is 0 Å². The molecule has 1 aromatic rings. The Hall–Kier alpha value is -1.49. The maximum atomic E-state index is 11.8. The van der Waals surface area contributed by atoms with Gasteiger partial charge in [0.2, 0.25) is 5.91 Å². The zero-order chi connectivity index (χ0) is 13.8. The fraction of sp³-hybridized carbons (Fsp3) is 0.643. The van der Waals surface area contributed by atoms with Crippen molar-refractivity contribution in [2.75, 3.05) is 13.1 Å². The molecule has 2 rings (SSSR count). The van der Waals surface area contributed by atoms with E-state index in [0.29, 0.717) is 18.8 Å². The number of carbonyl (C=O) groups excluding carboxylic acids is 1. The summed E-state index contributed by atoms with van der Waals surface area (Å²) in [4.78, 5) is 22.3. The van der Waals surface area contributed by atoms with Crippen LogP contribution in [0.15, 0.2) is 6.20 Å². The van der Waals surface area contributed by atoms with Crippen LogP contribution in [0, 0.1) is 6.92 Å². The highest BCUT2D eigenvalue weighted by atomic mass is 16.3. The van der Waals surface area contributed by atoms with Crippen molar-refractivity contribution in [1.29, 1.82) is 0 Å². The number of carbonyl (C=O) groups is 1. The van der Waals surface area contributed by atoms with Gasteiger partial charge < -0.3 is 10.0 Å². The van der Waals surface area contributed by atoms with Crippen molar-refractivity contribution in [2.24, 2.45) is 0 Å². The summed E-state index contributed by atoms with van der Waals surface area (Å²) in [5, 5.41) is 9.40. The van der Waals surface area contributed by atoms with Crippen molar-refractivity contribution < 1.29 is 9.90 Å². The number of nitrogens with zero attached hydrogens (tertiary/aromatic N) is 3. The SMILES string of the molecule is CCC(=O)N1CCCC(c2nc(C)ncc2CO)C1. The molecule has 0 bridgehead atoms. The Labute approximate surface area is 113 Å². The van der Waals surface area contributed by atoms with E-state index in [9.17, 15) is 9.90 Å². The van der Waals surface area contributed by atoms with E-state index in [1.54, 1.807) is 6.20 Å². The zero-order valence-corrected chi connectivity index (χ0v) is 11.6. The van der Waals surface area contributed by atoms with Crippen LogP contribution in [0.3, 0.4) is 0 Å². The van der Waals surface area contributed by atoms with Gasteiger partial charge in [-0.15, -0.1) is 0 Å². The third-order valence-corrected chi connectivity index (χ3v) is 3.65. The van der Waals surface area contributed by atoms with Gasteiger partial charge in [-0.2, -0.15) is 0 Å². The minimum Gasteiger partial charge on any atom is -0.392 e. The summed E-state index contributed by atoms with van der Waals surface area (Å²) >= 11 is 0. The van der Waals surface area contributed by atoms with E-state index in [-0.39, 0.29) is 18.4 Å². The Morgan fingerprint density at radius 2 is 2.37 bits per heavy atom. The van der Waals surface area contributed by atoms with E-state index in [2.05, 4.69) is 9.97 Å². The monoisotopic (exact) mass is 263 g/mol. The van der Waals surface area contributed by atoms with Crippen LogP contribution in [0.5, 0.6) is 0 Å². The minimum absolute atomic E-state index is 0.0478. The van der Waals surface area contributed by atoms with Gasteiger partial charge in [-0.25, -0.2) is 9.97 Å². The molecule has 1 aliphatic heterocycles. The molecule has 5 nitrogen and oxygen atoms in total. The van der Waals surface area contributed by atoms with Crippen LogP contribution in [-0.4, -0.2) is 39.0 Å².